The lowest BCUT2D eigenvalue weighted by Gasteiger charge is -2.37. The summed E-state index contributed by atoms with van der Waals surface area (Å²) in [6, 6.07) is 0.268. The smallest absolute Gasteiger partial charge is 0.273 e. The van der Waals surface area contributed by atoms with Crippen molar-refractivity contribution in [3.63, 3.8) is 0 Å². The molecule has 2 heterocycles. The monoisotopic (exact) mass is 403 g/mol. The predicted octanol–water partition coefficient (Wildman–Crippen LogP) is 2.94. The highest BCUT2D eigenvalue weighted by Crippen LogP contribution is 2.41. The third kappa shape index (κ3) is 5.66. The minimum absolute atomic E-state index is 0.0679. The lowest BCUT2D eigenvalue weighted by molar-refractivity contribution is 0.0946. The summed E-state index contributed by atoms with van der Waals surface area (Å²) in [5.74, 6) is -0.223. The van der Waals surface area contributed by atoms with E-state index in [2.05, 4.69) is 41.3 Å². The maximum absolute atomic E-state index is 12.1. The van der Waals surface area contributed by atoms with Gasteiger partial charge >= 0.3 is 0 Å². The zero-order valence-corrected chi connectivity index (χ0v) is 18.3. The Morgan fingerprint density at radius 3 is 2.97 bits per heavy atom. The Morgan fingerprint density at radius 2 is 2.21 bits per heavy atom. The lowest BCUT2D eigenvalue weighted by Crippen LogP contribution is -2.38. The standard InChI is InChI=1S/C22H37N5O2/c1-17-7-4-10-22(2,3)19(17)9-13-26-12-5-8-18(15-26)27-16-20(24-25-27)21(29)23-11-6-14-28/h16,18,28H,4-15H2,1-3H3,(H,23,29). The van der Waals surface area contributed by atoms with E-state index in [1.54, 1.807) is 17.3 Å². The Balaban J connectivity index is 1.55. The molecule has 0 spiro atoms. The van der Waals surface area contributed by atoms with Gasteiger partial charge in [-0.3, -0.25) is 4.79 Å². The first kappa shape index (κ1) is 22.0. The number of carbonyl (C=O) groups excluding carboxylic acids is 1. The fraction of sp³-hybridized carbons (Fsp3) is 0.773. The maximum Gasteiger partial charge on any atom is 0.273 e. The minimum atomic E-state index is -0.223. The number of allylic oxidation sites excluding steroid dienone is 1. The van der Waals surface area contributed by atoms with Crippen molar-refractivity contribution in [2.45, 2.75) is 71.8 Å². The first-order valence-corrected chi connectivity index (χ1v) is 11.1. The van der Waals surface area contributed by atoms with Crippen LogP contribution in [0, 0.1) is 5.41 Å². The third-order valence-electron chi connectivity index (χ3n) is 6.58. The van der Waals surface area contributed by atoms with Crippen LogP contribution in [0.25, 0.3) is 0 Å². The molecular weight excluding hydrogens is 366 g/mol. The molecule has 1 aliphatic carbocycles. The third-order valence-corrected chi connectivity index (χ3v) is 6.58. The van der Waals surface area contributed by atoms with Gasteiger partial charge in [0.25, 0.3) is 5.91 Å². The molecule has 1 atom stereocenters. The van der Waals surface area contributed by atoms with Crippen molar-refractivity contribution in [1.29, 1.82) is 0 Å². The van der Waals surface area contributed by atoms with Gasteiger partial charge in [0.05, 0.1) is 12.2 Å². The average Bonchev–Trinajstić information content (AvgIpc) is 3.18. The SMILES string of the molecule is CC1=C(CCN2CCCC(n3cc(C(=O)NCCCO)nn3)C2)C(C)(C)CCC1. The molecule has 2 aliphatic rings. The van der Waals surface area contributed by atoms with E-state index in [0.717, 1.165) is 38.9 Å². The molecular formula is C22H37N5O2. The van der Waals surface area contributed by atoms with E-state index >= 15 is 0 Å². The van der Waals surface area contributed by atoms with E-state index in [1.165, 1.54) is 19.3 Å². The summed E-state index contributed by atoms with van der Waals surface area (Å²) in [5, 5.41) is 19.9. The van der Waals surface area contributed by atoms with Gasteiger partial charge in [-0.15, -0.1) is 5.10 Å². The van der Waals surface area contributed by atoms with E-state index in [-0.39, 0.29) is 18.6 Å². The normalized spacial score (nSPS) is 22.7. The predicted molar refractivity (Wildman–Crippen MR) is 114 cm³/mol. The van der Waals surface area contributed by atoms with Crippen LogP contribution in [0.2, 0.25) is 0 Å². The number of amides is 1. The van der Waals surface area contributed by atoms with Gasteiger partial charge in [-0.25, -0.2) is 4.68 Å². The quantitative estimate of drug-likeness (QED) is 0.515. The number of aliphatic hydroxyl groups is 1. The minimum Gasteiger partial charge on any atom is -0.396 e. The summed E-state index contributed by atoms with van der Waals surface area (Å²) in [5.41, 5.74) is 3.95. The number of rotatable bonds is 8. The molecule has 1 aromatic heterocycles. The van der Waals surface area contributed by atoms with Gasteiger partial charge in [0, 0.05) is 26.2 Å². The van der Waals surface area contributed by atoms with Gasteiger partial charge in [0.15, 0.2) is 5.69 Å². The van der Waals surface area contributed by atoms with E-state index in [0.29, 0.717) is 24.1 Å². The van der Waals surface area contributed by atoms with Gasteiger partial charge in [-0.1, -0.05) is 30.2 Å². The average molecular weight is 404 g/mol. The summed E-state index contributed by atoms with van der Waals surface area (Å²) in [4.78, 5) is 14.7. The fourth-order valence-electron chi connectivity index (χ4n) is 4.88. The number of aliphatic hydroxyl groups excluding tert-OH is 1. The molecule has 0 aromatic carbocycles. The molecule has 2 N–H and O–H groups in total. The molecule has 3 rings (SSSR count). The number of hydrogen-bond acceptors (Lipinski definition) is 5. The van der Waals surface area contributed by atoms with E-state index in [1.807, 2.05) is 4.68 Å². The number of piperidine rings is 1. The first-order chi connectivity index (χ1) is 13.9. The van der Waals surface area contributed by atoms with Crippen LogP contribution in [0.1, 0.15) is 82.2 Å². The van der Waals surface area contributed by atoms with Crippen molar-refractivity contribution in [2.24, 2.45) is 5.41 Å². The summed E-state index contributed by atoms with van der Waals surface area (Å²) in [6.45, 7) is 10.8. The second kappa shape index (κ2) is 9.85. The van der Waals surface area contributed by atoms with E-state index in [9.17, 15) is 4.79 Å². The van der Waals surface area contributed by atoms with Gasteiger partial charge in [0.2, 0.25) is 0 Å². The molecule has 1 unspecified atom stereocenters. The van der Waals surface area contributed by atoms with Crippen LogP contribution in [-0.4, -0.2) is 63.7 Å². The van der Waals surface area contributed by atoms with Crippen LogP contribution in [0.5, 0.6) is 0 Å². The van der Waals surface area contributed by atoms with Crippen LogP contribution >= 0.6 is 0 Å². The highest BCUT2D eigenvalue weighted by atomic mass is 16.3. The molecule has 7 nitrogen and oxygen atoms in total. The molecule has 1 fully saturated rings. The van der Waals surface area contributed by atoms with Crippen LogP contribution in [0.4, 0.5) is 0 Å². The summed E-state index contributed by atoms with van der Waals surface area (Å²) in [7, 11) is 0. The number of hydrogen-bond donors (Lipinski definition) is 2. The van der Waals surface area contributed by atoms with E-state index < -0.39 is 0 Å². The van der Waals surface area contributed by atoms with Crippen molar-refractivity contribution < 1.29 is 9.90 Å². The summed E-state index contributed by atoms with van der Waals surface area (Å²) in [6.07, 6.45) is 9.54. The topological polar surface area (TPSA) is 83.3 Å². The van der Waals surface area contributed by atoms with E-state index in [4.69, 9.17) is 5.11 Å². The number of aromatic nitrogens is 3. The van der Waals surface area contributed by atoms with Crippen molar-refractivity contribution in [3.8, 4) is 0 Å². The van der Waals surface area contributed by atoms with Gasteiger partial charge in [-0.05, 0) is 63.8 Å². The van der Waals surface area contributed by atoms with Crippen LogP contribution in [0.3, 0.4) is 0 Å². The zero-order valence-electron chi connectivity index (χ0n) is 18.3. The Hall–Kier alpha value is -1.73. The Labute approximate surface area is 174 Å². The highest BCUT2D eigenvalue weighted by molar-refractivity contribution is 5.91. The molecule has 1 aromatic rings. The van der Waals surface area contributed by atoms with Crippen molar-refractivity contribution in [1.82, 2.24) is 25.2 Å². The second-order valence-electron chi connectivity index (χ2n) is 9.26. The number of likely N-dealkylation sites (tertiary alicyclic amines) is 1. The molecule has 162 valence electrons. The molecule has 0 radical (unpaired) electrons. The fourth-order valence-corrected chi connectivity index (χ4v) is 4.88. The maximum atomic E-state index is 12.1. The zero-order chi connectivity index (χ0) is 20.9. The number of nitrogens with zero attached hydrogens (tertiary/aromatic N) is 4. The number of nitrogens with one attached hydrogen (secondary N) is 1. The van der Waals surface area contributed by atoms with Crippen molar-refractivity contribution >= 4 is 5.91 Å². The first-order valence-electron chi connectivity index (χ1n) is 11.1. The molecule has 7 heteroatoms. The molecule has 0 saturated carbocycles. The van der Waals surface area contributed by atoms with Crippen molar-refractivity contribution in [3.05, 3.63) is 23.0 Å². The van der Waals surface area contributed by atoms with Gasteiger partial charge in [-0.2, -0.15) is 0 Å². The van der Waals surface area contributed by atoms with Crippen LogP contribution in [0.15, 0.2) is 17.3 Å². The molecule has 1 saturated heterocycles. The van der Waals surface area contributed by atoms with Crippen LogP contribution < -0.4 is 5.32 Å². The molecule has 29 heavy (non-hydrogen) atoms. The Bertz CT molecular complexity index is 725. The Morgan fingerprint density at radius 1 is 1.38 bits per heavy atom. The van der Waals surface area contributed by atoms with Gasteiger partial charge in [0.1, 0.15) is 0 Å². The number of carbonyl (C=O) groups is 1. The van der Waals surface area contributed by atoms with Crippen molar-refractivity contribution in [2.75, 3.05) is 32.8 Å². The Kier molecular flexibility index (Phi) is 7.46. The summed E-state index contributed by atoms with van der Waals surface area (Å²) >= 11 is 0. The molecule has 1 amide bonds. The molecule has 1 aliphatic heterocycles. The summed E-state index contributed by atoms with van der Waals surface area (Å²) < 4.78 is 1.86. The highest BCUT2D eigenvalue weighted by Gasteiger charge is 2.29. The largest absolute Gasteiger partial charge is 0.396 e. The van der Waals surface area contributed by atoms with Crippen LogP contribution in [-0.2, 0) is 0 Å². The lowest BCUT2D eigenvalue weighted by atomic mass is 9.71. The molecule has 0 bridgehead atoms. The second-order valence-corrected chi connectivity index (χ2v) is 9.26. The van der Waals surface area contributed by atoms with Gasteiger partial charge < -0.3 is 15.3 Å².